The van der Waals surface area contributed by atoms with Crippen LogP contribution in [0.4, 0.5) is 4.79 Å². The van der Waals surface area contributed by atoms with Gasteiger partial charge in [0.05, 0.1) is 7.11 Å². The Morgan fingerprint density at radius 3 is 2.33 bits per heavy atom. The Morgan fingerprint density at radius 2 is 1.74 bits per heavy atom. The average Bonchev–Trinajstić information content (AvgIpc) is 2.60. The molecule has 0 spiro atoms. The second kappa shape index (κ2) is 8.93. The zero-order chi connectivity index (χ0) is 20.0. The Hall–Kier alpha value is -2.50. The Morgan fingerprint density at radius 1 is 1.07 bits per heavy atom. The molecule has 0 bridgehead atoms. The fraction of sp³-hybridized carbons (Fsp3) is 0.524. The SMILES string of the molecule is COc1cc(OC(=O)OC(C)(C)C)c(/C=C/C(=O)N2CCCCC2)cc1C. The predicted molar refractivity (Wildman–Crippen MR) is 104 cm³/mol. The van der Waals surface area contributed by atoms with Gasteiger partial charge in [0.2, 0.25) is 5.91 Å². The molecule has 1 aromatic carbocycles. The van der Waals surface area contributed by atoms with Crippen LogP contribution >= 0.6 is 0 Å². The molecular weight excluding hydrogens is 346 g/mol. The molecule has 1 aliphatic heterocycles. The minimum absolute atomic E-state index is 0.0358. The van der Waals surface area contributed by atoms with Crippen molar-refractivity contribution in [2.24, 2.45) is 0 Å². The molecule has 2 rings (SSSR count). The number of carbonyl (C=O) groups excluding carboxylic acids is 2. The summed E-state index contributed by atoms with van der Waals surface area (Å²) < 4.78 is 15.9. The molecule has 0 aliphatic carbocycles. The number of rotatable bonds is 4. The van der Waals surface area contributed by atoms with Crippen LogP contribution in [0.1, 0.15) is 51.2 Å². The van der Waals surface area contributed by atoms with E-state index in [4.69, 9.17) is 14.2 Å². The molecule has 1 saturated heterocycles. The highest BCUT2D eigenvalue weighted by Gasteiger charge is 2.20. The molecule has 0 unspecified atom stereocenters. The van der Waals surface area contributed by atoms with Crippen LogP contribution in [-0.2, 0) is 9.53 Å². The van der Waals surface area contributed by atoms with Gasteiger partial charge in [0, 0.05) is 30.8 Å². The molecule has 0 saturated carbocycles. The van der Waals surface area contributed by atoms with Gasteiger partial charge in [-0.25, -0.2) is 4.79 Å². The number of amides is 1. The van der Waals surface area contributed by atoms with Crippen molar-refractivity contribution in [2.45, 2.75) is 52.6 Å². The van der Waals surface area contributed by atoms with Gasteiger partial charge in [-0.15, -0.1) is 0 Å². The first-order valence-corrected chi connectivity index (χ1v) is 9.26. The van der Waals surface area contributed by atoms with E-state index in [1.165, 1.54) is 12.5 Å². The smallest absolute Gasteiger partial charge is 0.496 e. The number of piperidine rings is 1. The third-order valence-electron chi connectivity index (χ3n) is 4.18. The highest BCUT2D eigenvalue weighted by Crippen LogP contribution is 2.30. The van der Waals surface area contributed by atoms with Gasteiger partial charge in [0.25, 0.3) is 0 Å². The Kier molecular flexibility index (Phi) is 6.88. The number of carbonyl (C=O) groups is 2. The molecule has 1 heterocycles. The standard InChI is InChI=1S/C21H29NO5/c1-15-13-16(9-10-19(23)22-11-7-6-8-12-22)18(14-17(15)25-5)26-20(24)27-21(2,3)4/h9-10,13-14H,6-8,11-12H2,1-5H3/b10-9+. The van der Waals surface area contributed by atoms with E-state index in [-0.39, 0.29) is 11.7 Å². The topological polar surface area (TPSA) is 65.1 Å². The highest BCUT2D eigenvalue weighted by atomic mass is 16.7. The van der Waals surface area contributed by atoms with Crippen molar-refractivity contribution in [1.29, 1.82) is 0 Å². The summed E-state index contributed by atoms with van der Waals surface area (Å²) in [6.07, 6.45) is 5.63. The molecule has 6 heteroatoms. The normalized spacial score (nSPS) is 14.9. The molecule has 148 valence electrons. The first-order valence-electron chi connectivity index (χ1n) is 9.26. The van der Waals surface area contributed by atoms with Crippen LogP contribution in [-0.4, -0.2) is 42.8 Å². The van der Waals surface area contributed by atoms with Gasteiger partial charge < -0.3 is 19.1 Å². The summed E-state index contributed by atoms with van der Waals surface area (Å²) in [5.74, 6) is 0.842. The van der Waals surface area contributed by atoms with Crippen LogP contribution < -0.4 is 9.47 Å². The van der Waals surface area contributed by atoms with Crippen molar-refractivity contribution in [3.63, 3.8) is 0 Å². The molecule has 1 fully saturated rings. The lowest BCUT2D eigenvalue weighted by atomic mass is 10.1. The summed E-state index contributed by atoms with van der Waals surface area (Å²) in [6.45, 7) is 8.75. The molecule has 0 aromatic heterocycles. The lowest BCUT2D eigenvalue weighted by molar-refractivity contribution is -0.126. The van der Waals surface area contributed by atoms with E-state index in [9.17, 15) is 9.59 Å². The Labute approximate surface area is 161 Å². The van der Waals surface area contributed by atoms with Crippen LogP contribution in [0.5, 0.6) is 11.5 Å². The van der Waals surface area contributed by atoms with Gasteiger partial charge in [-0.2, -0.15) is 0 Å². The molecule has 27 heavy (non-hydrogen) atoms. The maximum atomic E-state index is 12.4. The monoisotopic (exact) mass is 375 g/mol. The number of ether oxygens (including phenoxy) is 3. The van der Waals surface area contributed by atoms with E-state index in [1.807, 2.05) is 17.9 Å². The molecule has 1 amide bonds. The quantitative estimate of drug-likeness (QED) is 0.445. The van der Waals surface area contributed by atoms with Crippen molar-refractivity contribution in [1.82, 2.24) is 4.90 Å². The van der Waals surface area contributed by atoms with Crippen molar-refractivity contribution < 1.29 is 23.8 Å². The number of benzene rings is 1. The minimum atomic E-state index is -0.801. The molecule has 1 aliphatic rings. The Balaban J connectivity index is 2.22. The number of hydrogen-bond donors (Lipinski definition) is 0. The van der Waals surface area contributed by atoms with E-state index >= 15 is 0 Å². The predicted octanol–water partition coefficient (Wildman–Crippen LogP) is 4.34. The summed E-state index contributed by atoms with van der Waals surface area (Å²) in [6, 6.07) is 3.45. The fourth-order valence-electron chi connectivity index (χ4n) is 2.87. The molecule has 0 radical (unpaired) electrons. The minimum Gasteiger partial charge on any atom is -0.496 e. The second-order valence-corrected chi connectivity index (χ2v) is 7.65. The largest absolute Gasteiger partial charge is 0.514 e. The number of methoxy groups -OCH3 is 1. The van der Waals surface area contributed by atoms with Crippen LogP contribution in [0.3, 0.4) is 0 Å². The third-order valence-corrected chi connectivity index (χ3v) is 4.18. The van der Waals surface area contributed by atoms with Crippen molar-refractivity contribution in [3.05, 3.63) is 29.3 Å². The van der Waals surface area contributed by atoms with Gasteiger partial charge in [-0.05, 0) is 64.7 Å². The Bertz CT molecular complexity index is 712. The zero-order valence-electron chi connectivity index (χ0n) is 16.8. The molecular formula is C21H29NO5. The van der Waals surface area contributed by atoms with E-state index in [0.717, 1.165) is 31.5 Å². The van der Waals surface area contributed by atoms with Crippen molar-refractivity contribution >= 4 is 18.1 Å². The van der Waals surface area contributed by atoms with E-state index in [2.05, 4.69) is 0 Å². The summed E-state index contributed by atoms with van der Waals surface area (Å²) in [7, 11) is 1.55. The summed E-state index contributed by atoms with van der Waals surface area (Å²) >= 11 is 0. The molecule has 0 atom stereocenters. The van der Waals surface area contributed by atoms with Gasteiger partial charge in [0.15, 0.2) is 0 Å². The first-order chi connectivity index (χ1) is 12.7. The maximum absolute atomic E-state index is 12.4. The van der Waals surface area contributed by atoms with Crippen LogP contribution in [0.2, 0.25) is 0 Å². The molecule has 6 nitrogen and oxygen atoms in total. The van der Waals surface area contributed by atoms with Gasteiger partial charge in [-0.1, -0.05) is 0 Å². The van der Waals surface area contributed by atoms with Crippen molar-refractivity contribution in [2.75, 3.05) is 20.2 Å². The van der Waals surface area contributed by atoms with Gasteiger partial charge >= 0.3 is 6.16 Å². The van der Waals surface area contributed by atoms with Crippen LogP contribution in [0.15, 0.2) is 18.2 Å². The zero-order valence-corrected chi connectivity index (χ0v) is 16.8. The van der Waals surface area contributed by atoms with E-state index < -0.39 is 11.8 Å². The highest BCUT2D eigenvalue weighted by molar-refractivity contribution is 5.92. The molecule has 1 aromatic rings. The fourth-order valence-corrected chi connectivity index (χ4v) is 2.87. The second-order valence-electron chi connectivity index (χ2n) is 7.65. The van der Waals surface area contributed by atoms with Crippen molar-refractivity contribution in [3.8, 4) is 11.5 Å². The van der Waals surface area contributed by atoms with Gasteiger partial charge in [-0.3, -0.25) is 4.79 Å². The molecule has 0 N–H and O–H groups in total. The lowest BCUT2D eigenvalue weighted by Crippen LogP contribution is -2.34. The van der Waals surface area contributed by atoms with Gasteiger partial charge in [0.1, 0.15) is 17.1 Å². The number of hydrogen-bond acceptors (Lipinski definition) is 5. The number of likely N-dealkylation sites (tertiary alicyclic amines) is 1. The number of nitrogens with zero attached hydrogens (tertiary/aromatic N) is 1. The van der Waals surface area contributed by atoms with Crippen LogP contribution in [0.25, 0.3) is 6.08 Å². The van der Waals surface area contributed by atoms with Crippen LogP contribution in [0, 0.1) is 6.92 Å². The summed E-state index contributed by atoms with van der Waals surface area (Å²) in [4.78, 5) is 26.3. The number of aryl methyl sites for hydroxylation is 1. The summed E-state index contributed by atoms with van der Waals surface area (Å²) in [5, 5.41) is 0. The third kappa shape index (κ3) is 6.31. The van der Waals surface area contributed by atoms with E-state index in [1.54, 1.807) is 40.0 Å². The summed E-state index contributed by atoms with van der Waals surface area (Å²) in [5.41, 5.74) is 0.829. The van der Waals surface area contributed by atoms with E-state index in [0.29, 0.717) is 11.3 Å². The lowest BCUT2D eigenvalue weighted by Gasteiger charge is -2.25. The average molecular weight is 375 g/mol. The maximum Gasteiger partial charge on any atom is 0.514 e. The first kappa shape index (κ1) is 20.8.